The van der Waals surface area contributed by atoms with Crippen LogP contribution in [0.2, 0.25) is 0 Å². The van der Waals surface area contributed by atoms with Crippen LogP contribution in [0.3, 0.4) is 0 Å². The van der Waals surface area contributed by atoms with E-state index in [1.54, 1.807) is 13.0 Å². The average Bonchev–Trinajstić information content (AvgIpc) is 2.35. The first-order valence-electron chi connectivity index (χ1n) is 5.65. The molecule has 100 valence electrons. The van der Waals surface area contributed by atoms with Crippen molar-refractivity contribution in [3.8, 4) is 11.5 Å². The van der Waals surface area contributed by atoms with Gasteiger partial charge in [0.05, 0.1) is 0 Å². The monoisotopic (exact) mass is 327 g/mol. The van der Waals surface area contributed by atoms with Crippen molar-refractivity contribution in [2.75, 3.05) is 0 Å². The molecule has 0 bridgehead atoms. The van der Waals surface area contributed by atoms with Crippen LogP contribution in [-0.4, -0.2) is 0 Å². The summed E-state index contributed by atoms with van der Waals surface area (Å²) >= 11 is 3.24. The molecule has 2 rings (SSSR count). The summed E-state index contributed by atoms with van der Waals surface area (Å²) in [6.45, 7) is 1.71. The summed E-state index contributed by atoms with van der Waals surface area (Å²) in [5.41, 5.74) is 6.24. The number of hydrogen-bond donors (Lipinski definition) is 1. The van der Waals surface area contributed by atoms with Crippen LogP contribution in [-0.2, 0) is 0 Å². The molecule has 19 heavy (non-hydrogen) atoms. The molecule has 0 saturated heterocycles. The van der Waals surface area contributed by atoms with E-state index in [4.69, 9.17) is 10.5 Å². The number of hydrogen-bond acceptors (Lipinski definition) is 2. The van der Waals surface area contributed by atoms with Gasteiger partial charge in [-0.05, 0) is 43.3 Å². The van der Waals surface area contributed by atoms with Gasteiger partial charge in [-0.1, -0.05) is 15.9 Å². The Morgan fingerprint density at radius 2 is 1.84 bits per heavy atom. The van der Waals surface area contributed by atoms with Gasteiger partial charge in [0.25, 0.3) is 0 Å². The van der Waals surface area contributed by atoms with Crippen LogP contribution in [0.5, 0.6) is 11.5 Å². The van der Waals surface area contributed by atoms with Crippen LogP contribution >= 0.6 is 15.9 Å². The SMILES string of the molecule is CC(N)c1cc(F)ccc1Oc1cc(Br)ccc1F. The van der Waals surface area contributed by atoms with Crippen molar-refractivity contribution in [1.82, 2.24) is 0 Å². The zero-order chi connectivity index (χ0) is 14.0. The quantitative estimate of drug-likeness (QED) is 0.898. The molecule has 0 heterocycles. The number of halogens is 3. The molecule has 5 heteroatoms. The lowest BCUT2D eigenvalue weighted by molar-refractivity contribution is 0.433. The maximum atomic E-state index is 13.6. The van der Waals surface area contributed by atoms with Gasteiger partial charge < -0.3 is 10.5 Å². The van der Waals surface area contributed by atoms with Gasteiger partial charge in [0.15, 0.2) is 11.6 Å². The maximum absolute atomic E-state index is 13.6. The van der Waals surface area contributed by atoms with Crippen molar-refractivity contribution in [3.05, 3.63) is 58.1 Å². The number of ether oxygens (including phenoxy) is 1. The Labute approximate surface area is 118 Å². The van der Waals surface area contributed by atoms with Gasteiger partial charge in [-0.2, -0.15) is 0 Å². The molecule has 1 unspecified atom stereocenters. The fourth-order valence-corrected chi connectivity index (χ4v) is 1.98. The summed E-state index contributed by atoms with van der Waals surface area (Å²) in [7, 11) is 0. The zero-order valence-corrected chi connectivity index (χ0v) is 11.7. The Bertz CT molecular complexity index is 602. The molecule has 2 nitrogen and oxygen atoms in total. The fourth-order valence-electron chi connectivity index (χ4n) is 1.64. The van der Waals surface area contributed by atoms with Crippen LogP contribution in [0.15, 0.2) is 40.9 Å². The van der Waals surface area contributed by atoms with E-state index in [0.717, 1.165) is 0 Å². The lowest BCUT2D eigenvalue weighted by atomic mass is 10.1. The van der Waals surface area contributed by atoms with Crippen LogP contribution in [0.4, 0.5) is 8.78 Å². The van der Waals surface area contributed by atoms with E-state index in [1.165, 1.54) is 30.3 Å². The molecule has 2 aromatic carbocycles. The highest BCUT2D eigenvalue weighted by Crippen LogP contribution is 2.32. The molecule has 0 fully saturated rings. The van der Waals surface area contributed by atoms with E-state index >= 15 is 0 Å². The molecule has 0 radical (unpaired) electrons. The zero-order valence-electron chi connectivity index (χ0n) is 10.2. The predicted octanol–water partition coefficient (Wildman–Crippen LogP) is 4.54. The van der Waals surface area contributed by atoms with Crippen LogP contribution in [0.1, 0.15) is 18.5 Å². The molecule has 0 aliphatic heterocycles. The Hall–Kier alpha value is -1.46. The average molecular weight is 328 g/mol. The predicted molar refractivity (Wildman–Crippen MR) is 73.2 cm³/mol. The molecule has 0 aromatic heterocycles. The third-order valence-electron chi connectivity index (χ3n) is 2.58. The molecule has 0 aliphatic carbocycles. The highest BCUT2D eigenvalue weighted by Gasteiger charge is 2.12. The number of rotatable bonds is 3. The number of nitrogens with two attached hydrogens (primary N) is 1. The Balaban J connectivity index is 2.40. The van der Waals surface area contributed by atoms with Gasteiger partial charge in [-0.25, -0.2) is 8.78 Å². The van der Waals surface area contributed by atoms with Crippen molar-refractivity contribution in [2.45, 2.75) is 13.0 Å². The lowest BCUT2D eigenvalue weighted by Gasteiger charge is -2.14. The standard InChI is InChI=1S/C14H12BrF2NO/c1-8(18)11-7-10(16)3-5-13(11)19-14-6-9(15)2-4-12(14)17/h2-8H,18H2,1H3. The van der Waals surface area contributed by atoms with E-state index in [-0.39, 0.29) is 5.75 Å². The lowest BCUT2D eigenvalue weighted by Crippen LogP contribution is -2.07. The van der Waals surface area contributed by atoms with Gasteiger partial charge in [-0.15, -0.1) is 0 Å². The van der Waals surface area contributed by atoms with E-state index < -0.39 is 17.7 Å². The van der Waals surface area contributed by atoms with Crippen LogP contribution < -0.4 is 10.5 Å². The highest BCUT2D eigenvalue weighted by molar-refractivity contribution is 9.10. The minimum absolute atomic E-state index is 0.0582. The largest absolute Gasteiger partial charge is 0.454 e. The van der Waals surface area contributed by atoms with E-state index in [2.05, 4.69) is 15.9 Å². The Morgan fingerprint density at radius 3 is 2.53 bits per heavy atom. The highest BCUT2D eigenvalue weighted by atomic mass is 79.9. The van der Waals surface area contributed by atoms with Crippen molar-refractivity contribution >= 4 is 15.9 Å². The molecule has 0 amide bonds. The van der Waals surface area contributed by atoms with Gasteiger partial charge in [0.2, 0.25) is 0 Å². The molecule has 2 N–H and O–H groups in total. The smallest absolute Gasteiger partial charge is 0.165 e. The second-order valence-electron chi connectivity index (χ2n) is 4.15. The second kappa shape index (κ2) is 5.67. The summed E-state index contributed by atoms with van der Waals surface area (Å²) in [6, 6.07) is 7.92. The van der Waals surface area contributed by atoms with Gasteiger partial charge in [0.1, 0.15) is 11.6 Å². The van der Waals surface area contributed by atoms with Crippen molar-refractivity contribution in [2.24, 2.45) is 5.73 Å². The molecule has 0 aliphatic rings. The van der Waals surface area contributed by atoms with E-state index in [1.807, 2.05) is 0 Å². The first-order valence-corrected chi connectivity index (χ1v) is 6.44. The van der Waals surface area contributed by atoms with E-state index in [0.29, 0.717) is 15.8 Å². The van der Waals surface area contributed by atoms with E-state index in [9.17, 15) is 8.78 Å². The third-order valence-corrected chi connectivity index (χ3v) is 3.07. The van der Waals surface area contributed by atoms with Gasteiger partial charge >= 0.3 is 0 Å². The maximum Gasteiger partial charge on any atom is 0.165 e. The fraction of sp³-hybridized carbons (Fsp3) is 0.143. The summed E-state index contributed by atoms with van der Waals surface area (Å²) in [5, 5.41) is 0. The Morgan fingerprint density at radius 1 is 1.11 bits per heavy atom. The van der Waals surface area contributed by atoms with Gasteiger partial charge in [0, 0.05) is 16.1 Å². The minimum Gasteiger partial charge on any atom is -0.454 e. The second-order valence-corrected chi connectivity index (χ2v) is 5.06. The summed E-state index contributed by atoms with van der Waals surface area (Å²) in [6.07, 6.45) is 0. The molecule has 0 spiro atoms. The molecule has 0 saturated carbocycles. The summed E-state index contributed by atoms with van der Waals surface area (Å²) < 4.78 is 33.0. The van der Waals surface area contributed by atoms with Gasteiger partial charge in [-0.3, -0.25) is 0 Å². The minimum atomic E-state index is -0.497. The number of benzene rings is 2. The van der Waals surface area contributed by atoms with Crippen molar-refractivity contribution in [3.63, 3.8) is 0 Å². The summed E-state index contributed by atoms with van der Waals surface area (Å²) in [5.74, 6) is -0.506. The third kappa shape index (κ3) is 3.30. The first-order chi connectivity index (χ1) is 8.97. The van der Waals surface area contributed by atoms with Crippen LogP contribution in [0, 0.1) is 11.6 Å². The molecule has 2 aromatic rings. The molecular weight excluding hydrogens is 316 g/mol. The Kier molecular flexibility index (Phi) is 4.17. The molecular formula is C14H12BrF2NO. The van der Waals surface area contributed by atoms with Crippen molar-refractivity contribution < 1.29 is 13.5 Å². The topological polar surface area (TPSA) is 35.2 Å². The normalized spacial score (nSPS) is 12.3. The van der Waals surface area contributed by atoms with Crippen molar-refractivity contribution in [1.29, 1.82) is 0 Å². The van der Waals surface area contributed by atoms with Crippen LogP contribution in [0.25, 0.3) is 0 Å². The summed E-state index contributed by atoms with van der Waals surface area (Å²) in [4.78, 5) is 0. The molecule has 1 atom stereocenters. The first kappa shape index (κ1) is 14.0.